The summed E-state index contributed by atoms with van der Waals surface area (Å²) >= 11 is 1.39. The topological polar surface area (TPSA) is 60.7 Å². The monoisotopic (exact) mass is 304 g/mol. The lowest BCUT2D eigenvalue weighted by Gasteiger charge is -2.05. The number of tetrazole rings is 1. The summed E-state index contributed by atoms with van der Waals surface area (Å²) in [6.45, 7) is 6.98. The van der Waals surface area contributed by atoms with E-state index in [1.165, 1.54) is 17.3 Å². The first kappa shape index (κ1) is 15.7. The van der Waals surface area contributed by atoms with Gasteiger partial charge in [0.2, 0.25) is 5.16 Å². The molecule has 6 heteroatoms. The van der Waals surface area contributed by atoms with Crippen molar-refractivity contribution in [3.8, 4) is 0 Å². The molecule has 0 radical (unpaired) electrons. The zero-order valence-electron chi connectivity index (χ0n) is 12.7. The summed E-state index contributed by atoms with van der Waals surface area (Å²) in [5.74, 6) is 0.461. The lowest BCUT2D eigenvalue weighted by atomic mass is 10.0. The Hall–Kier alpha value is -1.69. The molecule has 2 rings (SSSR count). The number of Topliss-reactive ketones (excluding diaryl/α,β-unsaturated/α-hetero) is 1. The molecule has 0 bridgehead atoms. The highest BCUT2D eigenvalue weighted by molar-refractivity contribution is 7.99. The molecule has 21 heavy (non-hydrogen) atoms. The Kier molecular flexibility index (Phi) is 5.50. The molecule has 0 aliphatic carbocycles. The minimum atomic E-state index is 0.105. The molecule has 1 heterocycles. The predicted octanol–water partition coefficient (Wildman–Crippen LogP) is 3.07. The van der Waals surface area contributed by atoms with Gasteiger partial charge in [-0.1, -0.05) is 37.2 Å². The van der Waals surface area contributed by atoms with Crippen molar-refractivity contribution in [1.82, 2.24) is 20.2 Å². The first-order chi connectivity index (χ1) is 10.1. The fourth-order valence-corrected chi connectivity index (χ4v) is 2.67. The molecule has 5 nitrogen and oxygen atoms in total. The van der Waals surface area contributed by atoms with E-state index in [4.69, 9.17) is 0 Å². The van der Waals surface area contributed by atoms with Crippen LogP contribution in [0.2, 0.25) is 0 Å². The molecule has 0 amide bonds. The standard InChI is InChI=1S/C15H20N4OS/c1-4-5-8-19-15(16-17-18-19)21-10-14(20)13-7-6-11(2)12(3)9-13/h6-7,9H,4-5,8,10H2,1-3H3. The predicted molar refractivity (Wildman–Crippen MR) is 83.7 cm³/mol. The number of hydrogen-bond donors (Lipinski definition) is 0. The van der Waals surface area contributed by atoms with Crippen molar-refractivity contribution in [1.29, 1.82) is 0 Å². The van der Waals surface area contributed by atoms with Crippen LogP contribution in [0.25, 0.3) is 0 Å². The minimum Gasteiger partial charge on any atom is -0.293 e. The van der Waals surface area contributed by atoms with Crippen LogP contribution in [0.4, 0.5) is 0 Å². The van der Waals surface area contributed by atoms with Gasteiger partial charge < -0.3 is 0 Å². The normalized spacial score (nSPS) is 10.8. The largest absolute Gasteiger partial charge is 0.293 e. The van der Waals surface area contributed by atoms with Crippen molar-refractivity contribution in [3.63, 3.8) is 0 Å². The molecule has 0 atom stereocenters. The number of thioether (sulfide) groups is 1. The first-order valence-electron chi connectivity index (χ1n) is 7.11. The Morgan fingerprint density at radius 2 is 2.10 bits per heavy atom. The summed E-state index contributed by atoms with van der Waals surface area (Å²) in [6.07, 6.45) is 2.12. The van der Waals surface area contributed by atoms with Crippen LogP contribution in [-0.2, 0) is 6.54 Å². The number of hydrogen-bond acceptors (Lipinski definition) is 5. The maximum Gasteiger partial charge on any atom is 0.209 e. The number of aromatic nitrogens is 4. The number of nitrogens with zero attached hydrogens (tertiary/aromatic N) is 4. The Labute approximate surface area is 129 Å². The van der Waals surface area contributed by atoms with E-state index in [0.29, 0.717) is 10.9 Å². The van der Waals surface area contributed by atoms with Gasteiger partial charge in [0.25, 0.3) is 0 Å². The number of carbonyl (C=O) groups excluding carboxylic acids is 1. The number of carbonyl (C=O) groups is 1. The highest BCUT2D eigenvalue weighted by atomic mass is 32.2. The van der Waals surface area contributed by atoms with Gasteiger partial charge in [-0.3, -0.25) is 4.79 Å². The number of ketones is 1. The maximum atomic E-state index is 12.2. The zero-order valence-corrected chi connectivity index (χ0v) is 13.5. The maximum absolute atomic E-state index is 12.2. The third kappa shape index (κ3) is 4.14. The van der Waals surface area contributed by atoms with Gasteiger partial charge >= 0.3 is 0 Å². The Balaban J connectivity index is 1.97. The SMILES string of the molecule is CCCCn1nnnc1SCC(=O)c1ccc(C)c(C)c1. The Morgan fingerprint density at radius 1 is 1.29 bits per heavy atom. The molecule has 0 fully saturated rings. The van der Waals surface area contributed by atoms with Gasteiger partial charge in [0.05, 0.1) is 5.75 Å². The zero-order chi connectivity index (χ0) is 15.2. The molecule has 1 aromatic heterocycles. The van der Waals surface area contributed by atoms with Crippen LogP contribution < -0.4 is 0 Å². The van der Waals surface area contributed by atoms with Crippen LogP contribution in [0, 0.1) is 13.8 Å². The number of rotatable bonds is 7. The lowest BCUT2D eigenvalue weighted by molar-refractivity contribution is 0.102. The Bertz CT molecular complexity index is 624. The first-order valence-corrected chi connectivity index (χ1v) is 8.09. The third-order valence-corrected chi connectivity index (χ3v) is 4.34. The second kappa shape index (κ2) is 7.36. The van der Waals surface area contributed by atoms with Gasteiger partial charge in [0.1, 0.15) is 0 Å². The van der Waals surface area contributed by atoms with Gasteiger partial charge in [0, 0.05) is 12.1 Å². The van der Waals surface area contributed by atoms with Gasteiger partial charge in [-0.15, -0.1) is 5.10 Å². The van der Waals surface area contributed by atoms with Crippen LogP contribution in [0.1, 0.15) is 41.3 Å². The van der Waals surface area contributed by atoms with E-state index < -0.39 is 0 Å². The van der Waals surface area contributed by atoms with Gasteiger partial charge in [-0.2, -0.15) is 0 Å². The van der Waals surface area contributed by atoms with E-state index in [0.717, 1.165) is 30.5 Å². The molecule has 0 saturated carbocycles. The second-order valence-corrected chi connectivity index (χ2v) is 5.99. The van der Waals surface area contributed by atoms with Crippen molar-refractivity contribution in [2.24, 2.45) is 0 Å². The fourth-order valence-electron chi connectivity index (χ4n) is 1.88. The molecule has 0 aliphatic rings. The van der Waals surface area contributed by atoms with Crippen LogP contribution in [0.15, 0.2) is 23.4 Å². The van der Waals surface area contributed by atoms with E-state index >= 15 is 0 Å². The van der Waals surface area contributed by atoms with Crippen LogP contribution in [0.5, 0.6) is 0 Å². The summed E-state index contributed by atoms with van der Waals surface area (Å²) in [6, 6.07) is 5.81. The highest BCUT2D eigenvalue weighted by Gasteiger charge is 2.12. The molecule has 112 valence electrons. The molecule has 0 aliphatic heterocycles. The summed E-state index contributed by atoms with van der Waals surface area (Å²) in [4.78, 5) is 12.2. The second-order valence-electron chi connectivity index (χ2n) is 5.05. The van der Waals surface area contributed by atoms with Crippen LogP contribution >= 0.6 is 11.8 Å². The quantitative estimate of drug-likeness (QED) is 0.581. The smallest absolute Gasteiger partial charge is 0.209 e. The average molecular weight is 304 g/mol. The van der Waals surface area contributed by atoms with Gasteiger partial charge in [-0.25, -0.2) is 4.68 Å². The Morgan fingerprint density at radius 3 is 2.81 bits per heavy atom. The van der Waals surface area contributed by atoms with Gasteiger partial charge in [0.15, 0.2) is 5.78 Å². The molecule has 2 aromatic rings. The van der Waals surface area contributed by atoms with Crippen LogP contribution in [0.3, 0.4) is 0 Å². The highest BCUT2D eigenvalue weighted by Crippen LogP contribution is 2.17. The average Bonchev–Trinajstić information content (AvgIpc) is 2.92. The number of aryl methyl sites for hydroxylation is 3. The van der Waals surface area contributed by atoms with Crippen LogP contribution in [-0.4, -0.2) is 31.7 Å². The van der Waals surface area contributed by atoms with E-state index in [2.05, 4.69) is 22.4 Å². The van der Waals surface area contributed by atoms with E-state index in [1.807, 2.05) is 32.0 Å². The van der Waals surface area contributed by atoms with E-state index in [-0.39, 0.29) is 5.78 Å². The fraction of sp³-hybridized carbons (Fsp3) is 0.467. The van der Waals surface area contributed by atoms with Crippen molar-refractivity contribution >= 4 is 17.5 Å². The van der Waals surface area contributed by atoms with Crippen molar-refractivity contribution in [2.75, 3.05) is 5.75 Å². The molecule has 0 spiro atoms. The molecular formula is C15H20N4OS. The summed E-state index contributed by atoms with van der Waals surface area (Å²) < 4.78 is 1.77. The number of unbranched alkanes of at least 4 members (excludes halogenated alkanes) is 1. The van der Waals surface area contributed by atoms with Crippen molar-refractivity contribution < 1.29 is 4.79 Å². The molecular weight excluding hydrogens is 284 g/mol. The summed E-state index contributed by atoms with van der Waals surface area (Å²) in [5.41, 5.74) is 3.08. The van der Waals surface area contributed by atoms with E-state index in [1.54, 1.807) is 4.68 Å². The third-order valence-electron chi connectivity index (χ3n) is 3.38. The van der Waals surface area contributed by atoms with Gasteiger partial charge in [-0.05, 0) is 47.9 Å². The summed E-state index contributed by atoms with van der Waals surface area (Å²) in [7, 11) is 0. The van der Waals surface area contributed by atoms with Crippen molar-refractivity contribution in [2.45, 2.75) is 45.3 Å². The van der Waals surface area contributed by atoms with E-state index in [9.17, 15) is 4.79 Å². The molecule has 0 saturated heterocycles. The van der Waals surface area contributed by atoms with Crippen molar-refractivity contribution in [3.05, 3.63) is 34.9 Å². The molecule has 0 N–H and O–H groups in total. The minimum absolute atomic E-state index is 0.105. The molecule has 1 aromatic carbocycles. The molecule has 0 unspecified atom stereocenters. The number of benzene rings is 1. The summed E-state index contributed by atoms with van der Waals surface area (Å²) in [5, 5.41) is 12.3. The lowest BCUT2D eigenvalue weighted by Crippen LogP contribution is -2.06.